The monoisotopic (exact) mass is 376 g/mol. The van der Waals surface area contributed by atoms with Crippen molar-refractivity contribution in [2.24, 2.45) is 0 Å². The van der Waals surface area contributed by atoms with Crippen LogP contribution in [-0.2, 0) is 6.54 Å². The molecular formula is C19H22ClFN4O. The Labute approximate surface area is 157 Å². The standard InChI is InChI=1S/C19H22ClFN4O/c1-14-17(7-8-18(20)22-14)23-19(26)25-10-4-9-24(11-12-25)13-15-5-2-3-6-16(15)21/h2-3,5-8H,4,9-13H2,1H3,(H,23,26). The van der Waals surface area contributed by atoms with Crippen LogP contribution in [0.1, 0.15) is 17.7 Å². The minimum atomic E-state index is -0.183. The molecule has 138 valence electrons. The summed E-state index contributed by atoms with van der Waals surface area (Å²) in [5.74, 6) is -0.183. The maximum absolute atomic E-state index is 13.8. The topological polar surface area (TPSA) is 48.5 Å². The van der Waals surface area contributed by atoms with E-state index in [1.54, 1.807) is 36.1 Å². The van der Waals surface area contributed by atoms with Gasteiger partial charge in [0.05, 0.1) is 11.4 Å². The second-order valence-electron chi connectivity index (χ2n) is 6.41. The Morgan fingerprint density at radius 3 is 2.77 bits per heavy atom. The van der Waals surface area contributed by atoms with Gasteiger partial charge in [0.25, 0.3) is 0 Å². The third-order valence-corrected chi connectivity index (χ3v) is 4.73. The van der Waals surface area contributed by atoms with Crippen molar-refractivity contribution in [1.29, 1.82) is 0 Å². The van der Waals surface area contributed by atoms with Crippen LogP contribution in [0.3, 0.4) is 0 Å². The van der Waals surface area contributed by atoms with Gasteiger partial charge in [-0.05, 0) is 31.5 Å². The molecule has 0 aliphatic carbocycles. The van der Waals surface area contributed by atoms with Gasteiger partial charge >= 0.3 is 6.03 Å². The SMILES string of the molecule is Cc1nc(Cl)ccc1NC(=O)N1CCCN(Cc2ccccc2F)CC1. The van der Waals surface area contributed by atoms with E-state index in [4.69, 9.17) is 11.6 Å². The summed E-state index contributed by atoms with van der Waals surface area (Å²) in [6.07, 6.45) is 0.847. The van der Waals surface area contributed by atoms with E-state index in [1.165, 1.54) is 6.07 Å². The first-order valence-corrected chi connectivity index (χ1v) is 9.05. The summed E-state index contributed by atoms with van der Waals surface area (Å²) in [6, 6.07) is 10.1. The molecule has 3 rings (SSSR count). The van der Waals surface area contributed by atoms with Crippen LogP contribution in [0.4, 0.5) is 14.9 Å². The summed E-state index contributed by atoms with van der Waals surface area (Å²) in [5.41, 5.74) is 2.03. The summed E-state index contributed by atoms with van der Waals surface area (Å²) >= 11 is 5.85. The largest absolute Gasteiger partial charge is 0.323 e. The summed E-state index contributed by atoms with van der Waals surface area (Å²) < 4.78 is 13.8. The molecular weight excluding hydrogens is 355 g/mol. The van der Waals surface area contributed by atoms with Crippen molar-refractivity contribution in [2.75, 3.05) is 31.5 Å². The van der Waals surface area contributed by atoms with Crippen LogP contribution >= 0.6 is 11.6 Å². The molecule has 2 heterocycles. The van der Waals surface area contributed by atoms with E-state index >= 15 is 0 Å². The molecule has 26 heavy (non-hydrogen) atoms. The van der Waals surface area contributed by atoms with Gasteiger partial charge in [0, 0.05) is 38.3 Å². The van der Waals surface area contributed by atoms with Crippen molar-refractivity contribution < 1.29 is 9.18 Å². The van der Waals surface area contributed by atoms with Crippen LogP contribution in [0.2, 0.25) is 5.15 Å². The van der Waals surface area contributed by atoms with Crippen molar-refractivity contribution in [3.63, 3.8) is 0 Å². The first-order chi connectivity index (χ1) is 12.5. The number of urea groups is 1. The lowest BCUT2D eigenvalue weighted by Gasteiger charge is -2.22. The van der Waals surface area contributed by atoms with Gasteiger partial charge in [-0.1, -0.05) is 29.8 Å². The summed E-state index contributed by atoms with van der Waals surface area (Å²) in [6.45, 7) is 5.17. The maximum Gasteiger partial charge on any atom is 0.321 e. The van der Waals surface area contributed by atoms with Gasteiger partial charge in [0.15, 0.2) is 0 Å². The number of nitrogens with one attached hydrogen (secondary N) is 1. The molecule has 0 bridgehead atoms. The van der Waals surface area contributed by atoms with E-state index in [9.17, 15) is 9.18 Å². The molecule has 1 aliphatic rings. The summed E-state index contributed by atoms with van der Waals surface area (Å²) in [7, 11) is 0. The Kier molecular flexibility index (Phi) is 6.06. The summed E-state index contributed by atoms with van der Waals surface area (Å²) in [5, 5.41) is 3.30. The third-order valence-electron chi connectivity index (χ3n) is 4.52. The predicted molar refractivity (Wildman–Crippen MR) is 101 cm³/mol. The highest BCUT2D eigenvalue weighted by Crippen LogP contribution is 2.17. The van der Waals surface area contributed by atoms with E-state index in [1.807, 2.05) is 6.07 Å². The average molecular weight is 377 g/mol. The highest BCUT2D eigenvalue weighted by atomic mass is 35.5. The van der Waals surface area contributed by atoms with E-state index in [2.05, 4.69) is 15.2 Å². The number of anilines is 1. The van der Waals surface area contributed by atoms with Crippen molar-refractivity contribution in [2.45, 2.75) is 19.9 Å². The molecule has 1 aromatic heterocycles. The quantitative estimate of drug-likeness (QED) is 0.826. The number of hydrogen-bond acceptors (Lipinski definition) is 3. The number of aromatic nitrogens is 1. The van der Waals surface area contributed by atoms with Crippen molar-refractivity contribution >= 4 is 23.3 Å². The molecule has 0 radical (unpaired) electrons. The Balaban J connectivity index is 1.57. The van der Waals surface area contributed by atoms with Crippen LogP contribution in [0, 0.1) is 12.7 Å². The van der Waals surface area contributed by atoms with Crippen LogP contribution in [0.5, 0.6) is 0 Å². The fraction of sp³-hybridized carbons (Fsp3) is 0.368. The molecule has 1 saturated heterocycles. The van der Waals surface area contributed by atoms with Crippen molar-refractivity contribution in [3.8, 4) is 0 Å². The minimum Gasteiger partial charge on any atom is -0.323 e. The zero-order valence-corrected chi connectivity index (χ0v) is 15.5. The van der Waals surface area contributed by atoms with Gasteiger partial charge < -0.3 is 10.2 Å². The van der Waals surface area contributed by atoms with Gasteiger partial charge in [0.2, 0.25) is 0 Å². The normalized spacial score (nSPS) is 15.6. The van der Waals surface area contributed by atoms with Gasteiger partial charge in [-0.15, -0.1) is 0 Å². The lowest BCUT2D eigenvalue weighted by molar-refractivity contribution is 0.210. The van der Waals surface area contributed by atoms with Crippen LogP contribution in [-0.4, -0.2) is 47.0 Å². The molecule has 0 unspecified atom stereocenters. The van der Waals surface area contributed by atoms with Crippen LogP contribution in [0.15, 0.2) is 36.4 Å². The first-order valence-electron chi connectivity index (χ1n) is 8.68. The Bertz CT molecular complexity index is 786. The second-order valence-corrected chi connectivity index (χ2v) is 6.79. The predicted octanol–water partition coefficient (Wildman–Crippen LogP) is 3.92. The van der Waals surface area contributed by atoms with Gasteiger partial charge in [-0.3, -0.25) is 4.90 Å². The summed E-state index contributed by atoms with van der Waals surface area (Å²) in [4.78, 5) is 20.7. The van der Waals surface area contributed by atoms with E-state index in [-0.39, 0.29) is 11.8 Å². The number of carbonyl (C=O) groups excluding carboxylic acids is 1. The number of amides is 2. The van der Waals surface area contributed by atoms with Crippen molar-refractivity contribution in [1.82, 2.24) is 14.8 Å². The molecule has 7 heteroatoms. The first kappa shape index (κ1) is 18.6. The lowest BCUT2D eigenvalue weighted by atomic mass is 10.2. The molecule has 1 aliphatic heterocycles. The smallest absolute Gasteiger partial charge is 0.321 e. The number of nitrogens with zero attached hydrogens (tertiary/aromatic N) is 3. The van der Waals surface area contributed by atoms with E-state index in [0.717, 1.165) is 13.0 Å². The molecule has 0 spiro atoms. The van der Waals surface area contributed by atoms with Crippen molar-refractivity contribution in [3.05, 3.63) is 58.6 Å². The number of aryl methyl sites for hydroxylation is 1. The van der Waals surface area contributed by atoms with E-state index < -0.39 is 0 Å². The molecule has 1 aromatic carbocycles. The molecule has 2 amide bonds. The van der Waals surface area contributed by atoms with E-state index in [0.29, 0.717) is 48.3 Å². The third kappa shape index (κ3) is 4.71. The number of benzene rings is 1. The number of halogens is 2. The molecule has 5 nitrogen and oxygen atoms in total. The van der Waals surface area contributed by atoms with Gasteiger partial charge in [0.1, 0.15) is 11.0 Å². The molecule has 1 N–H and O–H groups in total. The molecule has 2 aromatic rings. The fourth-order valence-corrected chi connectivity index (χ4v) is 3.25. The minimum absolute atomic E-state index is 0.148. The number of pyridine rings is 1. The lowest BCUT2D eigenvalue weighted by Crippen LogP contribution is -2.38. The zero-order valence-electron chi connectivity index (χ0n) is 14.7. The van der Waals surface area contributed by atoms with Crippen LogP contribution < -0.4 is 5.32 Å². The highest BCUT2D eigenvalue weighted by Gasteiger charge is 2.20. The Morgan fingerprint density at radius 1 is 1.19 bits per heavy atom. The Morgan fingerprint density at radius 2 is 2.00 bits per heavy atom. The average Bonchev–Trinajstić information content (AvgIpc) is 2.85. The van der Waals surface area contributed by atoms with Gasteiger partial charge in [-0.2, -0.15) is 0 Å². The number of carbonyl (C=O) groups is 1. The molecule has 1 fully saturated rings. The fourth-order valence-electron chi connectivity index (χ4n) is 3.06. The zero-order chi connectivity index (χ0) is 18.5. The van der Waals surface area contributed by atoms with Crippen LogP contribution in [0.25, 0.3) is 0 Å². The number of hydrogen-bond donors (Lipinski definition) is 1. The Hall–Kier alpha value is -2.18. The molecule has 0 atom stereocenters. The second kappa shape index (κ2) is 8.47. The molecule has 0 saturated carbocycles. The maximum atomic E-state index is 13.8. The highest BCUT2D eigenvalue weighted by molar-refractivity contribution is 6.29. The van der Waals surface area contributed by atoms with Gasteiger partial charge in [-0.25, -0.2) is 14.2 Å². The number of rotatable bonds is 3.